The van der Waals surface area contributed by atoms with Crippen molar-refractivity contribution < 1.29 is 4.79 Å². The largest absolute Gasteiger partial charge is 0.337 e. The summed E-state index contributed by atoms with van der Waals surface area (Å²) >= 11 is 3.42. The highest BCUT2D eigenvalue weighted by Gasteiger charge is 2.37. The van der Waals surface area contributed by atoms with Crippen LogP contribution in [0.4, 0.5) is 0 Å². The highest BCUT2D eigenvalue weighted by molar-refractivity contribution is 9.10. The Morgan fingerprint density at radius 3 is 2.48 bits per heavy atom. The lowest BCUT2D eigenvalue weighted by Gasteiger charge is -2.32. The number of hydrogen-bond donors (Lipinski definition) is 0. The predicted octanol–water partition coefficient (Wildman–Crippen LogP) is 3.40. The Kier molecular flexibility index (Phi) is 4.65. The van der Waals surface area contributed by atoms with Crippen LogP contribution in [0.3, 0.4) is 0 Å². The van der Waals surface area contributed by atoms with Crippen molar-refractivity contribution in [2.45, 2.75) is 31.7 Å². The molecule has 114 valence electrons. The first kappa shape index (κ1) is 15.0. The van der Waals surface area contributed by atoms with Gasteiger partial charge in [0.2, 0.25) is 0 Å². The molecule has 3 rings (SSSR count). The van der Waals surface area contributed by atoms with Crippen LogP contribution in [0.15, 0.2) is 28.7 Å². The van der Waals surface area contributed by atoms with Crippen molar-refractivity contribution in [1.82, 2.24) is 9.80 Å². The average Bonchev–Trinajstić information content (AvgIpc) is 3.20. The first-order chi connectivity index (χ1) is 10.1. The quantitative estimate of drug-likeness (QED) is 0.812. The molecule has 1 saturated heterocycles. The Morgan fingerprint density at radius 2 is 1.90 bits per heavy atom. The topological polar surface area (TPSA) is 23.6 Å². The summed E-state index contributed by atoms with van der Waals surface area (Å²) < 4.78 is 1.01. The van der Waals surface area contributed by atoms with Gasteiger partial charge in [0.1, 0.15) is 0 Å². The minimum absolute atomic E-state index is 0.151. The smallest absolute Gasteiger partial charge is 0.253 e. The zero-order valence-corrected chi connectivity index (χ0v) is 14.2. The molecule has 2 aliphatic rings. The highest BCUT2D eigenvalue weighted by atomic mass is 79.9. The summed E-state index contributed by atoms with van der Waals surface area (Å²) in [6.07, 6.45) is 5.16. The van der Waals surface area contributed by atoms with Gasteiger partial charge in [0, 0.05) is 29.7 Å². The first-order valence-corrected chi connectivity index (χ1v) is 8.69. The summed E-state index contributed by atoms with van der Waals surface area (Å²) in [5, 5.41) is 0. The molecule has 1 saturated carbocycles. The van der Waals surface area contributed by atoms with Crippen LogP contribution in [-0.4, -0.2) is 48.4 Å². The molecule has 0 N–H and O–H groups in total. The molecule has 1 aromatic rings. The van der Waals surface area contributed by atoms with Crippen molar-refractivity contribution >= 4 is 21.8 Å². The molecule has 4 heteroatoms. The maximum absolute atomic E-state index is 12.7. The van der Waals surface area contributed by atoms with E-state index in [-0.39, 0.29) is 5.91 Å². The molecule has 0 bridgehead atoms. The standard InChI is InChI=1S/C17H23BrN2O/c1-19(17(21)14-6-8-15(18)9-7-14)16(13-4-5-13)12-20-10-2-3-11-20/h6-9,13,16H,2-5,10-12H2,1H3/t16-/m1/s1. The number of nitrogens with zero attached hydrogens (tertiary/aromatic N) is 2. The van der Waals surface area contributed by atoms with Gasteiger partial charge in [0.15, 0.2) is 0 Å². The Morgan fingerprint density at radius 1 is 1.29 bits per heavy atom. The lowest BCUT2D eigenvalue weighted by atomic mass is 10.1. The van der Waals surface area contributed by atoms with E-state index in [0.717, 1.165) is 16.6 Å². The molecule has 1 aliphatic carbocycles. The maximum atomic E-state index is 12.7. The van der Waals surface area contributed by atoms with Gasteiger partial charge in [-0.3, -0.25) is 4.79 Å². The SMILES string of the molecule is CN(C(=O)c1ccc(Br)cc1)[C@H](CN1CCCC1)C1CC1. The normalized spacial score (nSPS) is 20.5. The Hall–Kier alpha value is -0.870. The Labute approximate surface area is 135 Å². The van der Waals surface area contributed by atoms with E-state index in [1.165, 1.54) is 38.8 Å². The molecule has 1 amide bonds. The summed E-state index contributed by atoms with van der Waals surface area (Å²) in [6, 6.07) is 8.06. The third-order valence-electron chi connectivity index (χ3n) is 4.72. The summed E-state index contributed by atoms with van der Waals surface area (Å²) in [7, 11) is 1.98. The van der Waals surface area contributed by atoms with Gasteiger partial charge in [-0.05, 0) is 69.0 Å². The van der Waals surface area contributed by atoms with Gasteiger partial charge >= 0.3 is 0 Å². The van der Waals surface area contributed by atoms with Crippen LogP contribution in [0.25, 0.3) is 0 Å². The summed E-state index contributed by atoms with van der Waals surface area (Å²) in [5.74, 6) is 0.855. The van der Waals surface area contributed by atoms with Crippen LogP contribution in [-0.2, 0) is 0 Å². The van der Waals surface area contributed by atoms with Crippen molar-refractivity contribution in [2.75, 3.05) is 26.7 Å². The van der Waals surface area contributed by atoms with E-state index in [9.17, 15) is 4.79 Å². The van der Waals surface area contributed by atoms with Crippen LogP contribution < -0.4 is 0 Å². The van der Waals surface area contributed by atoms with Crippen LogP contribution in [0.5, 0.6) is 0 Å². The van der Waals surface area contributed by atoms with Crippen LogP contribution in [0.1, 0.15) is 36.0 Å². The first-order valence-electron chi connectivity index (χ1n) is 7.90. The zero-order chi connectivity index (χ0) is 14.8. The van der Waals surface area contributed by atoms with Gasteiger partial charge in [0.05, 0.1) is 0 Å². The third-order valence-corrected chi connectivity index (χ3v) is 5.25. The van der Waals surface area contributed by atoms with Crippen molar-refractivity contribution in [3.05, 3.63) is 34.3 Å². The number of carbonyl (C=O) groups is 1. The van der Waals surface area contributed by atoms with Gasteiger partial charge in [-0.25, -0.2) is 0 Å². The second-order valence-electron chi connectivity index (χ2n) is 6.34. The van der Waals surface area contributed by atoms with E-state index in [4.69, 9.17) is 0 Å². The molecule has 1 atom stereocenters. The number of amides is 1. The molecule has 0 aromatic heterocycles. The molecule has 1 aliphatic heterocycles. The lowest BCUT2D eigenvalue weighted by Crippen LogP contribution is -2.45. The molecule has 1 heterocycles. The summed E-state index contributed by atoms with van der Waals surface area (Å²) in [4.78, 5) is 17.2. The number of likely N-dealkylation sites (N-methyl/N-ethyl adjacent to an activating group) is 1. The van der Waals surface area contributed by atoms with Crippen molar-refractivity contribution in [3.63, 3.8) is 0 Å². The molecule has 21 heavy (non-hydrogen) atoms. The van der Waals surface area contributed by atoms with E-state index in [0.29, 0.717) is 12.0 Å². The van der Waals surface area contributed by atoms with E-state index >= 15 is 0 Å². The molecule has 0 spiro atoms. The van der Waals surface area contributed by atoms with Gasteiger partial charge in [0.25, 0.3) is 5.91 Å². The minimum Gasteiger partial charge on any atom is -0.337 e. The fraction of sp³-hybridized carbons (Fsp3) is 0.588. The lowest BCUT2D eigenvalue weighted by molar-refractivity contribution is 0.0673. The fourth-order valence-electron chi connectivity index (χ4n) is 3.25. The molecule has 1 aromatic carbocycles. The third kappa shape index (κ3) is 3.67. The Balaban J connectivity index is 1.69. The molecule has 2 fully saturated rings. The second kappa shape index (κ2) is 6.49. The summed E-state index contributed by atoms with van der Waals surface area (Å²) in [6.45, 7) is 3.44. The van der Waals surface area contributed by atoms with E-state index in [1.807, 2.05) is 36.2 Å². The second-order valence-corrected chi connectivity index (χ2v) is 7.25. The van der Waals surface area contributed by atoms with Crippen LogP contribution >= 0.6 is 15.9 Å². The molecule has 0 unspecified atom stereocenters. The molecule has 0 radical (unpaired) electrons. The molecular weight excluding hydrogens is 328 g/mol. The monoisotopic (exact) mass is 350 g/mol. The molecular formula is C17H23BrN2O. The minimum atomic E-state index is 0.151. The van der Waals surface area contributed by atoms with Crippen LogP contribution in [0.2, 0.25) is 0 Å². The average molecular weight is 351 g/mol. The van der Waals surface area contributed by atoms with E-state index in [1.54, 1.807) is 0 Å². The van der Waals surface area contributed by atoms with Crippen molar-refractivity contribution in [3.8, 4) is 0 Å². The highest BCUT2D eigenvalue weighted by Crippen LogP contribution is 2.36. The number of hydrogen-bond acceptors (Lipinski definition) is 2. The molecule has 3 nitrogen and oxygen atoms in total. The van der Waals surface area contributed by atoms with Crippen molar-refractivity contribution in [1.29, 1.82) is 0 Å². The fourth-order valence-corrected chi connectivity index (χ4v) is 3.51. The zero-order valence-electron chi connectivity index (χ0n) is 12.6. The van der Waals surface area contributed by atoms with Gasteiger partial charge in [-0.2, -0.15) is 0 Å². The number of halogens is 1. The number of benzene rings is 1. The number of rotatable bonds is 5. The van der Waals surface area contributed by atoms with Crippen molar-refractivity contribution in [2.24, 2.45) is 5.92 Å². The predicted molar refractivity (Wildman–Crippen MR) is 88.4 cm³/mol. The summed E-state index contributed by atoms with van der Waals surface area (Å²) in [5.41, 5.74) is 0.785. The van der Waals surface area contributed by atoms with E-state index in [2.05, 4.69) is 20.8 Å². The van der Waals surface area contributed by atoms with Gasteiger partial charge in [-0.1, -0.05) is 15.9 Å². The van der Waals surface area contributed by atoms with Gasteiger partial charge in [-0.15, -0.1) is 0 Å². The van der Waals surface area contributed by atoms with Crippen LogP contribution in [0, 0.1) is 5.92 Å². The number of likely N-dealkylation sites (tertiary alicyclic amines) is 1. The van der Waals surface area contributed by atoms with E-state index < -0.39 is 0 Å². The van der Waals surface area contributed by atoms with Gasteiger partial charge < -0.3 is 9.80 Å². The number of carbonyl (C=O) groups excluding carboxylic acids is 1. The maximum Gasteiger partial charge on any atom is 0.253 e. The Bertz CT molecular complexity index is 492.